The lowest BCUT2D eigenvalue weighted by Gasteiger charge is -2.73. The molecule has 50 heavy (non-hydrogen) atoms. The number of hydrogen-bond acceptors (Lipinski definition) is 8. The quantitative estimate of drug-likeness (QED) is 0.158. The largest absolute Gasteiger partial charge is 0.454 e. The number of carbonyl (C=O) groups excluding carboxylic acids is 2. The fourth-order valence-electron chi connectivity index (χ4n) is 12.4. The van der Waals surface area contributed by atoms with Crippen molar-refractivity contribution in [2.75, 3.05) is 6.61 Å². The minimum absolute atomic E-state index is 0.0828. The second-order valence-corrected chi connectivity index (χ2v) is 18.4. The van der Waals surface area contributed by atoms with Crippen molar-refractivity contribution in [3.63, 3.8) is 0 Å². The minimum atomic E-state index is -1.55. The van der Waals surface area contributed by atoms with Crippen LogP contribution in [0.15, 0.2) is 53.6 Å². The van der Waals surface area contributed by atoms with Gasteiger partial charge in [-0.15, -0.1) is 0 Å². The van der Waals surface area contributed by atoms with Gasteiger partial charge in [0, 0.05) is 16.4 Å². The molecule has 4 saturated carbocycles. The van der Waals surface area contributed by atoms with E-state index in [1.807, 2.05) is 13.8 Å². The van der Waals surface area contributed by atoms with Gasteiger partial charge < -0.3 is 29.9 Å². The highest BCUT2D eigenvalue weighted by Crippen LogP contribution is 2.76. The first-order valence-corrected chi connectivity index (χ1v) is 18.7. The Balaban J connectivity index is 1.51. The van der Waals surface area contributed by atoms with Crippen LogP contribution in [0.25, 0.3) is 0 Å². The molecule has 0 heterocycles. The summed E-state index contributed by atoms with van der Waals surface area (Å²) < 4.78 is 12.6. The number of fused-ring (bicyclic) bond motifs is 7. The maximum absolute atomic E-state index is 13.9. The first kappa shape index (κ1) is 37.2. The smallest absolute Gasteiger partial charge is 0.338 e. The molecule has 6 rings (SSSR count). The van der Waals surface area contributed by atoms with Crippen LogP contribution in [-0.4, -0.2) is 69.5 Å². The number of ether oxygens (including phenoxy) is 2. The van der Waals surface area contributed by atoms with Gasteiger partial charge in [-0.1, -0.05) is 84.4 Å². The monoisotopic (exact) mass is 692 g/mol. The number of hydrogen-bond donors (Lipinski definition) is 4. The fraction of sp³-hybridized carbons (Fsp3) is 0.714. The minimum Gasteiger partial charge on any atom is -0.454 e. The lowest BCUT2D eigenvalue weighted by Crippen LogP contribution is -2.76. The predicted molar refractivity (Wildman–Crippen MR) is 191 cm³/mol. The standard InChI is InChI=1S/C42H60O8/c1-10-24(2)35(47)49-33-34(50-36(48)25-14-12-11-13-15-25)42(23-43)27(22-37(33,3)4)26-16-17-29-39(7)20-19-30(44)38(5,6)28(39)18-21-40(29,8)41(26,9)31(45)32(42)46/h10-16,27-34,43-46H,17-23H2,1-9H3. The lowest BCUT2D eigenvalue weighted by molar-refractivity contribution is -0.289. The molecule has 0 radical (unpaired) electrons. The van der Waals surface area contributed by atoms with Crippen molar-refractivity contribution in [1.82, 2.24) is 0 Å². The second-order valence-electron chi connectivity index (χ2n) is 18.4. The molecule has 8 nitrogen and oxygen atoms in total. The molecular weight excluding hydrogens is 632 g/mol. The predicted octanol–water partition coefficient (Wildman–Crippen LogP) is 6.41. The Bertz CT molecular complexity index is 1560. The molecule has 0 saturated heterocycles. The SMILES string of the molecule is CC=C(C)C(=O)OC1C(OC(=O)c2ccccc2)C2(CO)C(CC1(C)C)C1=CCC3C4(C)CCC(O)C(C)(C)C4CCC3(C)C1(C)C(O)C2O. The summed E-state index contributed by atoms with van der Waals surface area (Å²) in [6, 6.07) is 8.54. The van der Waals surface area contributed by atoms with E-state index in [0.717, 1.165) is 37.7 Å². The average Bonchev–Trinajstić information content (AvgIpc) is 3.07. The number of esters is 2. The third-order valence-electron chi connectivity index (χ3n) is 15.7. The van der Waals surface area contributed by atoms with Crippen molar-refractivity contribution in [3.05, 3.63) is 59.2 Å². The van der Waals surface area contributed by atoms with E-state index in [9.17, 15) is 30.0 Å². The van der Waals surface area contributed by atoms with Gasteiger partial charge in [-0.3, -0.25) is 0 Å². The summed E-state index contributed by atoms with van der Waals surface area (Å²) in [4.78, 5) is 27.3. The molecule has 276 valence electrons. The van der Waals surface area contributed by atoms with Crippen molar-refractivity contribution in [2.24, 2.45) is 50.2 Å². The van der Waals surface area contributed by atoms with Crippen molar-refractivity contribution < 1.29 is 39.5 Å². The highest BCUT2D eigenvalue weighted by Gasteiger charge is 2.76. The van der Waals surface area contributed by atoms with Gasteiger partial charge in [0.25, 0.3) is 0 Å². The van der Waals surface area contributed by atoms with Gasteiger partial charge in [0.2, 0.25) is 0 Å². The van der Waals surface area contributed by atoms with E-state index in [-0.39, 0.29) is 22.9 Å². The molecule has 0 amide bonds. The van der Waals surface area contributed by atoms with Gasteiger partial charge >= 0.3 is 11.9 Å². The van der Waals surface area contributed by atoms with Crippen LogP contribution in [0.3, 0.4) is 0 Å². The third kappa shape index (κ3) is 4.90. The number of allylic oxidation sites excluding steroid dienone is 2. The Kier molecular flexibility index (Phi) is 9.15. The van der Waals surface area contributed by atoms with Crippen LogP contribution < -0.4 is 0 Å². The van der Waals surface area contributed by atoms with E-state index in [4.69, 9.17) is 9.47 Å². The third-order valence-corrected chi connectivity index (χ3v) is 15.7. The summed E-state index contributed by atoms with van der Waals surface area (Å²) in [5.41, 5.74) is -2.21. The van der Waals surface area contributed by atoms with Crippen molar-refractivity contribution >= 4 is 11.9 Å². The summed E-state index contributed by atoms with van der Waals surface area (Å²) in [7, 11) is 0. The van der Waals surface area contributed by atoms with Crippen LogP contribution in [0.4, 0.5) is 0 Å². The molecule has 0 aromatic heterocycles. The molecule has 1 aromatic carbocycles. The molecule has 12 unspecified atom stereocenters. The summed E-state index contributed by atoms with van der Waals surface area (Å²) in [5, 5.41) is 48.0. The molecule has 0 bridgehead atoms. The van der Waals surface area contributed by atoms with Gasteiger partial charge in [-0.2, -0.15) is 0 Å². The van der Waals surface area contributed by atoms with Gasteiger partial charge in [-0.05, 0) is 98.5 Å². The van der Waals surface area contributed by atoms with Crippen molar-refractivity contribution in [3.8, 4) is 0 Å². The van der Waals surface area contributed by atoms with E-state index in [2.05, 4.69) is 40.7 Å². The summed E-state index contributed by atoms with van der Waals surface area (Å²) in [6.07, 6.45) is 3.03. The molecule has 4 N–H and O–H groups in total. The van der Waals surface area contributed by atoms with Crippen LogP contribution in [0.1, 0.15) is 111 Å². The molecule has 5 aliphatic rings. The zero-order valence-corrected chi connectivity index (χ0v) is 31.5. The van der Waals surface area contributed by atoms with E-state index in [1.54, 1.807) is 50.3 Å². The molecule has 5 aliphatic carbocycles. The lowest BCUT2D eigenvalue weighted by atomic mass is 9.32. The molecule has 0 aliphatic heterocycles. The Hall–Kier alpha value is -2.52. The fourth-order valence-corrected chi connectivity index (χ4v) is 12.4. The first-order chi connectivity index (χ1) is 23.3. The van der Waals surface area contributed by atoms with E-state index >= 15 is 0 Å². The van der Waals surface area contributed by atoms with Crippen LogP contribution in [-0.2, 0) is 14.3 Å². The van der Waals surface area contributed by atoms with Gasteiger partial charge in [0.1, 0.15) is 6.10 Å². The molecule has 12 atom stereocenters. The molecule has 4 fully saturated rings. The van der Waals surface area contributed by atoms with Crippen molar-refractivity contribution in [2.45, 2.75) is 131 Å². The topological polar surface area (TPSA) is 134 Å². The number of aliphatic hydroxyl groups is 4. The van der Waals surface area contributed by atoms with Crippen molar-refractivity contribution in [1.29, 1.82) is 0 Å². The van der Waals surface area contributed by atoms with E-state index in [0.29, 0.717) is 23.5 Å². The first-order valence-electron chi connectivity index (χ1n) is 18.7. The van der Waals surface area contributed by atoms with E-state index < -0.39 is 70.5 Å². The van der Waals surface area contributed by atoms with E-state index in [1.165, 1.54) is 0 Å². The van der Waals surface area contributed by atoms with Gasteiger partial charge in [-0.25, -0.2) is 9.59 Å². The van der Waals surface area contributed by atoms with Crippen LogP contribution in [0.2, 0.25) is 0 Å². The highest BCUT2D eigenvalue weighted by atomic mass is 16.6. The van der Waals surface area contributed by atoms with Gasteiger partial charge in [0.15, 0.2) is 6.10 Å². The Morgan fingerprint density at radius 2 is 1.54 bits per heavy atom. The molecule has 0 spiro atoms. The summed E-state index contributed by atoms with van der Waals surface area (Å²) >= 11 is 0. The second kappa shape index (κ2) is 12.3. The maximum atomic E-state index is 13.9. The van der Waals surface area contributed by atoms with Crippen LogP contribution in [0.5, 0.6) is 0 Å². The van der Waals surface area contributed by atoms with Crippen LogP contribution >= 0.6 is 0 Å². The molecule has 8 heteroatoms. The van der Waals surface area contributed by atoms with Gasteiger partial charge in [0.05, 0.1) is 35.9 Å². The molecular formula is C42H60O8. The zero-order chi connectivity index (χ0) is 36.8. The normalized spacial score (nSPS) is 44.7. The summed E-state index contributed by atoms with van der Waals surface area (Å²) in [5.74, 6) is -1.20. The number of benzene rings is 1. The molecule has 1 aromatic rings. The van der Waals surface area contributed by atoms with Crippen LogP contribution in [0, 0.1) is 50.2 Å². The number of aliphatic hydroxyl groups excluding tert-OH is 4. The highest BCUT2D eigenvalue weighted by molar-refractivity contribution is 5.90. The Morgan fingerprint density at radius 1 is 0.880 bits per heavy atom. The number of rotatable bonds is 5. The number of carbonyl (C=O) groups is 2. The Morgan fingerprint density at radius 3 is 2.16 bits per heavy atom. The summed E-state index contributed by atoms with van der Waals surface area (Å²) in [6.45, 7) is 18.0. The Labute approximate surface area is 298 Å². The maximum Gasteiger partial charge on any atom is 0.338 e. The average molecular weight is 693 g/mol. The zero-order valence-electron chi connectivity index (χ0n) is 31.5.